The number of nitrogens with zero attached hydrogens (tertiary/aromatic N) is 1. The van der Waals surface area contributed by atoms with Crippen LogP contribution in [0.3, 0.4) is 0 Å². The van der Waals surface area contributed by atoms with E-state index in [4.69, 9.17) is 4.74 Å². The van der Waals surface area contributed by atoms with E-state index in [1.807, 2.05) is 60.7 Å². The fourth-order valence-electron chi connectivity index (χ4n) is 1.66. The Kier molecular flexibility index (Phi) is 4.76. The van der Waals surface area contributed by atoms with Crippen LogP contribution >= 0.6 is 0 Å². The predicted octanol–water partition coefficient (Wildman–Crippen LogP) is 2.96. The molecule has 2 aromatic carbocycles. The van der Waals surface area contributed by atoms with Crippen LogP contribution in [-0.2, 0) is 6.54 Å². The summed E-state index contributed by atoms with van der Waals surface area (Å²) >= 11 is 0. The molecule has 0 aliphatic carbocycles. The zero-order valence-corrected chi connectivity index (χ0v) is 10.2. The molecule has 2 rings (SSSR count). The molecule has 0 aromatic heterocycles. The first-order chi connectivity index (χ1) is 8.84. The Labute approximate surface area is 107 Å². The van der Waals surface area contributed by atoms with Gasteiger partial charge in [-0.2, -0.15) is 5.06 Å². The van der Waals surface area contributed by atoms with Gasteiger partial charge in [0.15, 0.2) is 0 Å². The number of hydrogen-bond acceptors (Lipinski definition) is 3. The molecule has 0 saturated heterocycles. The van der Waals surface area contributed by atoms with E-state index < -0.39 is 0 Å². The summed E-state index contributed by atoms with van der Waals surface area (Å²) in [6, 6.07) is 19.5. The van der Waals surface area contributed by atoms with Crippen LogP contribution in [0.1, 0.15) is 5.56 Å². The average molecular weight is 243 g/mol. The first kappa shape index (κ1) is 12.6. The standard InChI is InChI=1S/C15H17NO2/c17-16(13-14-7-3-1-4-8-14)11-12-18-15-9-5-2-6-10-15/h1-10,17H,11-13H2. The summed E-state index contributed by atoms with van der Waals surface area (Å²) in [6.45, 7) is 1.45. The lowest BCUT2D eigenvalue weighted by Gasteiger charge is -2.15. The molecule has 0 unspecified atom stereocenters. The fraction of sp³-hybridized carbons (Fsp3) is 0.200. The second-order valence-electron chi connectivity index (χ2n) is 4.04. The second kappa shape index (κ2) is 6.79. The number of hydrogen-bond donors (Lipinski definition) is 1. The van der Waals surface area contributed by atoms with Gasteiger partial charge in [0, 0.05) is 6.54 Å². The fourth-order valence-corrected chi connectivity index (χ4v) is 1.66. The molecule has 0 amide bonds. The molecule has 0 heterocycles. The largest absolute Gasteiger partial charge is 0.492 e. The van der Waals surface area contributed by atoms with E-state index in [1.165, 1.54) is 5.06 Å². The number of rotatable bonds is 6. The molecular weight excluding hydrogens is 226 g/mol. The predicted molar refractivity (Wildman–Crippen MR) is 70.6 cm³/mol. The van der Waals surface area contributed by atoms with Crippen LogP contribution in [0.15, 0.2) is 60.7 Å². The van der Waals surface area contributed by atoms with Crippen LogP contribution in [0.25, 0.3) is 0 Å². The van der Waals surface area contributed by atoms with Gasteiger partial charge in [0.25, 0.3) is 0 Å². The molecule has 0 bridgehead atoms. The molecule has 3 heteroatoms. The van der Waals surface area contributed by atoms with E-state index in [0.717, 1.165) is 11.3 Å². The molecule has 3 nitrogen and oxygen atoms in total. The summed E-state index contributed by atoms with van der Waals surface area (Å²) < 4.78 is 5.51. The van der Waals surface area contributed by atoms with Gasteiger partial charge >= 0.3 is 0 Å². The van der Waals surface area contributed by atoms with Crippen LogP contribution in [0.5, 0.6) is 5.75 Å². The van der Waals surface area contributed by atoms with Crippen molar-refractivity contribution in [3.05, 3.63) is 66.2 Å². The smallest absolute Gasteiger partial charge is 0.119 e. The first-order valence-corrected chi connectivity index (χ1v) is 6.00. The van der Waals surface area contributed by atoms with Crippen molar-refractivity contribution in [3.63, 3.8) is 0 Å². The molecule has 0 fully saturated rings. The van der Waals surface area contributed by atoms with Gasteiger partial charge in [-0.15, -0.1) is 0 Å². The lowest BCUT2D eigenvalue weighted by atomic mass is 10.2. The van der Waals surface area contributed by atoms with E-state index in [1.54, 1.807) is 0 Å². The summed E-state index contributed by atoms with van der Waals surface area (Å²) in [4.78, 5) is 0. The van der Waals surface area contributed by atoms with Gasteiger partial charge < -0.3 is 9.94 Å². The molecular formula is C15H17NO2. The Hall–Kier alpha value is -1.84. The highest BCUT2D eigenvalue weighted by atomic mass is 16.5. The summed E-state index contributed by atoms with van der Waals surface area (Å²) in [5.74, 6) is 0.825. The van der Waals surface area contributed by atoms with Gasteiger partial charge in [-0.3, -0.25) is 0 Å². The minimum Gasteiger partial charge on any atom is -0.492 e. The van der Waals surface area contributed by atoms with Crippen LogP contribution in [0.4, 0.5) is 0 Å². The molecule has 18 heavy (non-hydrogen) atoms. The molecule has 1 N–H and O–H groups in total. The highest BCUT2D eigenvalue weighted by Gasteiger charge is 2.02. The summed E-state index contributed by atoms with van der Waals surface area (Å²) in [5.41, 5.74) is 1.08. The van der Waals surface area contributed by atoms with Crippen molar-refractivity contribution in [1.29, 1.82) is 0 Å². The second-order valence-corrected chi connectivity index (χ2v) is 4.04. The quantitative estimate of drug-likeness (QED) is 0.792. The maximum Gasteiger partial charge on any atom is 0.119 e. The Morgan fingerprint density at radius 3 is 2.17 bits per heavy atom. The number of para-hydroxylation sites is 1. The van der Waals surface area contributed by atoms with Crippen LogP contribution in [0.2, 0.25) is 0 Å². The van der Waals surface area contributed by atoms with Gasteiger partial charge in [0.2, 0.25) is 0 Å². The Morgan fingerprint density at radius 2 is 1.50 bits per heavy atom. The van der Waals surface area contributed by atoms with Crippen molar-refractivity contribution in [1.82, 2.24) is 5.06 Å². The minimum atomic E-state index is 0.466. The Morgan fingerprint density at radius 1 is 0.889 bits per heavy atom. The maximum atomic E-state index is 9.73. The molecule has 0 aliphatic rings. The van der Waals surface area contributed by atoms with Crippen LogP contribution < -0.4 is 4.74 Å². The van der Waals surface area contributed by atoms with Crippen molar-refractivity contribution in [2.45, 2.75) is 6.54 Å². The lowest BCUT2D eigenvalue weighted by molar-refractivity contribution is -0.105. The highest BCUT2D eigenvalue weighted by molar-refractivity contribution is 5.20. The lowest BCUT2D eigenvalue weighted by Crippen LogP contribution is -2.24. The van der Waals surface area contributed by atoms with Crippen molar-refractivity contribution < 1.29 is 9.94 Å². The first-order valence-electron chi connectivity index (χ1n) is 6.00. The van der Waals surface area contributed by atoms with E-state index in [-0.39, 0.29) is 0 Å². The van der Waals surface area contributed by atoms with E-state index in [9.17, 15) is 5.21 Å². The van der Waals surface area contributed by atoms with Crippen LogP contribution in [0, 0.1) is 0 Å². The minimum absolute atomic E-state index is 0.466. The summed E-state index contributed by atoms with van der Waals surface area (Å²) in [7, 11) is 0. The molecule has 0 aliphatic heterocycles. The normalized spacial score (nSPS) is 10.6. The zero-order valence-electron chi connectivity index (χ0n) is 10.2. The average Bonchev–Trinajstić information content (AvgIpc) is 2.41. The summed E-state index contributed by atoms with van der Waals surface area (Å²) in [5, 5.41) is 11.0. The number of ether oxygens (including phenoxy) is 1. The Bertz CT molecular complexity index is 445. The monoisotopic (exact) mass is 243 g/mol. The van der Waals surface area contributed by atoms with Crippen molar-refractivity contribution in [2.24, 2.45) is 0 Å². The topological polar surface area (TPSA) is 32.7 Å². The molecule has 0 radical (unpaired) electrons. The van der Waals surface area contributed by atoms with E-state index in [0.29, 0.717) is 19.7 Å². The van der Waals surface area contributed by atoms with E-state index in [2.05, 4.69) is 0 Å². The maximum absolute atomic E-state index is 9.73. The highest BCUT2D eigenvalue weighted by Crippen LogP contribution is 2.08. The third kappa shape index (κ3) is 4.20. The van der Waals surface area contributed by atoms with Crippen LogP contribution in [-0.4, -0.2) is 23.4 Å². The molecule has 0 saturated carbocycles. The van der Waals surface area contributed by atoms with Crippen molar-refractivity contribution in [2.75, 3.05) is 13.2 Å². The molecule has 2 aromatic rings. The van der Waals surface area contributed by atoms with Gasteiger partial charge in [-0.1, -0.05) is 48.5 Å². The van der Waals surface area contributed by atoms with Crippen molar-refractivity contribution in [3.8, 4) is 5.75 Å². The number of hydroxylamine groups is 2. The SMILES string of the molecule is ON(CCOc1ccccc1)Cc1ccccc1. The third-order valence-corrected chi connectivity index (χ3v) is 2.57. The third-order valence-electron chi connectivity index (χ3n) is 2.57. The van der Waals surface area contributed by atoms with Crippen molar-refractivity contribution >= 4 is 0 Å². The molecule has 94 valence electrons. The van der Waals surface area contributed by atoms with E-state index >= 15 is 0 Å². The molecule has 0 spiro atoms. The summed E-state index contributed by atoms with van der Waals surface area (Å²) in [6.07, 6.45) is 0. The Balaban J connectivity index is 1.71. The van der Waals surface area contributed by atoms with Gasteiger partial charge in [0.1, 0.15) is 12.4 Å². The van der Waals surface area contributed by atoms with Gasteiger partial charge in [-0.05, 0) is 17.7 Å². The zero-order chi connectivity index (χ0) is 12.6. The van der Waals surface area contributed by atoms with Gasteiger partial charge in [-0.25, -0.2) is 0 Å². The number of benzene rings is 2. The van der Waals surface area contributed by atoms with Gasteiger partial charge in [0.05, 0.1) is 6.54 Å². The molecule has 0 atom stereocenters.